The molecule has 8 heteroatoms. The van der Waals surface area contributed by atoms with Gasteiger partial charge in [-0.2, -0.15) is 0 Å². The van der Waals surface area contributed by atoms with E-state index in [9.17, 15) is 23.5 Å². The van der Waals surface area contributed by atoms with Crippen LogP contribution in [0.15, 0.2) is 47.4 Å². The van der Waals surface area contributed by atoms with Crippen molar-refractivity contribution in [3.05, 3.63) is 64.1 Å². The number of amides is 1. The molecule has 2 unspecified atom stereocenters. The molecule has 32 heavy (non-hydrogen) atoms. The van der Waals surface area contributed by atoms with Gasteiger partial charge in [-0.25, -0.2) is 8.78 Å². The van der Waals surface area contributed by atoms with Gasteiger partial charge in [-0.05, 0) is 43.6 Å². The van der Waals surface area contributed by atoms with Crippen LogP contribution < -0.4 is 10.4 Å². The molecule has 1 saturated heterocycles. The maximum absolute atomic E-state index is 14.2. The second kappa shape index (κ2) is 7.32. The summed E-state index contributed by atoms with van der Waals surface area (Å²) in [5.74, 6) is -3.62. The van der Waals surface area contributed by atoms with Gasteiger partial charge in [-0.1, -0.05) is 30.3 Å². The molecule has 1 saturated carbocycles. The number of halogens is 2. The van der Waals surface area contributed by atoms with Crippen LogP contribution in [-0.2, 0) is 0 Å². The molecule has 0 bridgehead atoms. The van der Waals surface area contributed by atoms with Crippen LogP contribution in [0.2, 0.25) is 0 Å². The first-order chi connectivity index (χ1) is 15.3. The van der Waals surface area contributed by atoms with Crippen LogP contribution in [0.5, 0.6) is 5.75 Å². The van der Waals surface area contributed by atoms with Crippen LogP contribution in [-0.4, -0.2) is 39.2 Å². The van der Waals surface area contributed by atoms with E-state index >= 15 is 0 Å². The first kappa shape index (κ1) is 21.0. The number of aromatic nitrogens is 1. The smallest absolute Gasteiger partial charge is 0.278 e. The Morgan fingerprint density at radius 2 is 1.72 bits per heavy atom. The molecule has 1 aliphatic carbocycles. The summed E-state index contributed by atoms with van der Waals surface area (Å²) in [4.78, 5) is 27.1. The molecular formula is C24H27F2N3O3. The van der Waals surface area contributed by atoms with Crippen LogP contribution in [0.4, 0.5) is 8.78 Å². The minimum atomic E-state index is -2.66. The molecule has 6 nitrogen and oxygen atoms in total. The Labute approximate surface area is 185 Å². The fourth-order valence-electron chi connectivity index (χ4n) is 6.02. The number of piperidine rings is 1. The van der Waals surface area contributed by atoms with E-state index in [2.05, 4.69) is 0 Å². The molecule has 3 heterocycles. The Kier molecular flexibility index (Phi) is 4.80. The first-order valence-corrected chi connectivity index (χ1v) is 11.2. The van der Waals surface area contributed by atoms with Gasteiger partial charge in [0.1, 0.15) is 6.17 Å². The fourth-order valence-corrected chi connectivity index (χ4v) is 6.02. The van der Waals surface area contributed by atoms with E-state index in [1.807, 2.05) is 42.3 Å². The Hall–Kier alpha value is -2.90. The quantitative estimate of drug-likeness (QED) is 0.761. The number of hydrogen-bond donors (Lipinski definition) is 1. The van der Waals surface area contributed by atoms with Crippen molar-refractivity contribution in [2.45, 2.75) is 63.6 Å². The third kappa shape index (κ3) is 3.03. The number of fused-ring (bicyclic) bond motifs is 3. The molecule has 1 aromatic heterocycles. The summed E-state index contributed by atoms with van der Waals surface area (Å²) in [6.45, 7) is 2.28. The van der Waals surface area contributed by atoms with Crippen molar-refractivity contribution in [1.82, 2.24) is 9.58 Å². The van der Waals surface area contributed by atoms with Crippen LogP contribution >= 0.6 is 0 Å². The Balaban J connectivity index is 1.72. The molecule has 2 atom stereocenters. The van der Waals surface area contributed by atoms with E-state index in [1.165, 1.54) is 12.3 Å². The molecule has 1 amide bonds. The number of nitrogens with zero attached hydrogens (tertiary/aromatic N) is 3. The van der Waals surface area contributed by atoms with Gasteiger partial charge < -0.3 is 10.0 Å². The molecule has 5 rings (SSSR count). The number of rotatable bonds is 2. The molecule has 2 aromatic rings. The lowest BCUT2D eigenvalue weighted by atomic mass is 9.61. The molecular weight excluding hydrogens is 416 g/mol. The zero-order chi connectivity index (χ0) is 22.7. The highest BCUT2D eigenvalue weighted by Crippen LogP contribution is 2.58. The Bertz CT molecular complexity index is 1090. The van der Waals surface area contributed by atoms with Crippen LogP contribution in [0.25, 0.3) is 0 Å². The highest BCUT2D eigenvalue weighted by molar-refractivity contribution is 5.96. The second-order valence-electron chi connectivity index (χ2n) is 9.24. The lowest BCUT2D eigenvalue weighted by Crippen LogP contribution is -2.67. The summed E-state index contributed by atoms with van der Waals surface area (Å²) < 4.78 is 29.9. The lowest BCUT2D eigenvalue weighted by molar-refractivity contribution is -0.0896. The number of carbonyl (C=O) groups is 1. The largest absolute Gasteiger partial charge is 0.502 e. The molecule has 2 aliphatic heterocycles. The SMILES string of the molecule is CCN1C(=O)c2c(O)c(=O)ccn2N2C1CCC1(CCC(F)(F)CC1)C2c1ccccc1. The molecule has 1 N–H and O–H groups in total. The lowest BCUT2D eigenvalue weighted by Gasteiger charge is -2.60. The molecule has 0 radical (unpaired) electrons. The van der Waals surface area contributed by atoms with E-state index in [0.717, 1.165) is 12.0 Å². The number of alkyl halides is 2. The van der Waals surface area contributed by atoms with Gasteiger partial charge in [0.2, 0.25) is 11.4 Å². The number of hydrogen-bond acceptors (Lipinski definition) is 4. The van der Waals surface area contributed by atoms with E-state index in [-0.39, 0.29) is 36.7 Å². The third-order valence-electron chi connectivity index (χ3n) is 7.61. The molecule has 1 aromatic carbocycles. The van der Waals surface area contributed by atoms with Crippen molar-refractivity contribution >= 4 is 5.91 Å². The van der Waals surface area contributed by atoms with Gasteiger partial charge in [-0.3, -0.25) is 19.3 Å². The topological polar surface area (TPSA) is 65.8 Å². The summed E-state index contributed by atoms with van der Waals surface area (Å²) in [5, 5.41) is 12.6. The summed E-state index contributed by atoms with van der Waals surface area (Å²) in [5.41, 5.74) is -0.0823. The zero-order valence-electron chi connectivity index (χ0n) is 18.0. The molecule has 2 fully saturated rings. The monoisotopic (exact) mass is 443 g/mol. The maximum Gasteiger partial charge on any atom is 0.278 e. The molecule has 3 aliphatic rings. The van der Waals surface area contributed by atoms with Crippen molar-refractivity contribution in [3.8, 4) is 5.75 Å². The molecule has 1 spiro atoms. The van der Waals surface area contributed by atoms with E-state index in [4.69, 9.17) is 0 Å². The van der Waals surface area contributed by atoms with Gasteiger partial charge in [0.05, 0.1) is 6.04 Å². The minimum Gasteiger partial charge on any atom is -0.502 e. The fraction of sp³-hybridized carbons (Fsp3) is 0.500. The van der Waals surface area contributed by atoms with E-state index in [1.54, 1.807) is 9.58 Å². The average Bonchev–Trinajstić information content (AvgIpc) is 2.79. The van der Waals surface area contributed by atoms with Crippen LogP contribution in [0, 0.1) is 5.41 Å². The van der Waals surface area contributed by atoms with Gasteiger partial charge in [0.15, 0.2) is 11.4 Å². The average molecular weight is 443 g/mol. The summed E-state index contributed by atoms with van der Waals surface area (Å²) in [6.07, 6.45) is 3.05. The second-order valence-corrected chi connectivity index (χ2v) is 9.24. The van der Waals surface area contributed by atoms with Crippen molar-refractivity contribution in [1.29, 1.82) is 0 Å². The number of pyridine rings is 1. The summed E-state index contributed by atoms with van der Waals surface area (Å²) in [7, 11) is 0. The predicted molar refractivity (Wildman–Crippen MR) is 115 cm³/mol. The van der Waals surface area contributed by atoms with Gasteiger partial charge >= 0.3 is 0 Å². The van der Waals surface area contributed by atoms with Crippen LogP contribution in [0.3, 0.4) is 0 Å². The standard InChI is InChI=1S/C24H27F2N3O3/c1-2-27-18-8-10-23(11-13-24(25,26)14-12-23)21(16-6-4-3-5-7-16)29(18)28-15-9-17(30)20(31)19(28)22(27)32/h3-7,9,15,18,21,31H,2,8,10-14H2,1H3. The van der Waals surface area contributed by atoms with E-state index in [0.29, 0.717) is 25.8 Å². The normalized spacial score (nSPS) is 26.0. The van der Waals surface area contributed by atoms with Gasteiger partial charge in [0, 0.05) is 31.6 Å². The number of aromatic hydroxyl groups is 1. The Morgan fingerprint density at radius 3 is 2.38 bits per heavy atom. The number of carbonyl (C=O) groups excluding carboxylic acids is 1. The Morgan fingerprint density at radius 1 is 1.03 bits per heavy atom. The van der Waals surface area contributed by atoms with Crippen molar-refractivity contribution in [3.63, 3.8) is 0 Å². The first-order valence-electron chi connectivity index (χ1n) is 11.2. The highest BCUT2D eigenvalue weighted by Gasteiger charge is 2.56. The molecule has 170 valence electrons. The van der Waals surface area contributed by atoms with Crippen LogP contribution in [0.1, 0.15) is 67.5 Å². The summed E-state index contributed by atoms with van der Waals surface area (Å²) in [6, 6.07) is 10.7. The van der Waals surface area contributed by atoms with Gasteiger partial charge in [-0.15, -0.1) is 0 Å². The van der Waals surface area contributed by atoms with E-state index < -0.39 is 22.5 Å². The maximum atomic E-state index is 14.2. The highest BCUT2D eigenvalue weighted by atomic mass is 19.3. The minimum absolute atomic E-state index is 0.0604. The zero-order valence-corrected chi connectivity index (χ0v) is 18.0. The summed E-state index contributed by atoms with van der Waals surface area (Å²) >= 11 is 0. The third-order valence-corrected chi connectivity index (χ3v) is 7.61. The predicted octanol–water partition coefficient (Wildman–Crippen LogP) is 4.02. The number of benzene rings is 1. The van der Waals surface area contributed by atoms with Crippen molar-refractivity contribution in [2.24, 2.45) is 5.41 Å². The van der Waals surface area contributed by atoms with Crippen molar-refractivity contribution in [2.75, 3.05) is 11.6 Å². The van der Waals surface area contributed by atoms with Gasteiger partial charge in [0.25, 0.3) is 5.91 Å². The van der Waals surface area contributed by atoms with Crippen molar-refractivity contribution < 1.29 is 18.7 Å².